The number of carbonyl (C=O) groups excluding carboxylic acids is 1. The van der Waals surface area contributed by atoms with Crippen molar-refractivity contribution in [3.63, 3.8) is 0 Å². The predicted octanol–water partition coefficient (Wildman–Crippen LogP) is 1.34. The fourth-order valence-electron chi connectivity index (χ4n) is 1.10. The summed E-state index contributed by atoms with van der Waals surface area (Å²) in [5.74, 6) is 0. The van der Waals surface area contributed by atoms with Crippen LogP contribution >= 0.6 is 8.38 Å². The van der Waals surface area contributed by atoms with E-state index in [1.54, 1.807) is 12.1 Å². The van der Waals surface area contributed by atoms with Gasteiger partial charge >= 0.3 is 0 Å². The van der Waals surface area contributed by atoms with Crippen molar-refractivity contribution in [3.8, 4) is 0 Å². The lowest BCUT2D eigenvalue weighted by molar-refractivity contribution is 0.112. The van der Waals surface area contributed by atoms with E-state index in [-0.39, 0.29) is 0 Å². The lowest BCUT2D eigenvalue weighted by Gasteiger charge is -2.04. The largest absolute Gasteiger partial charge is 0.350 e. The van der Waals surface area contributed by atoms with Crippen molar-refractivity contribution in [1.82, 2.24) is 0 Å². The average molecular weight is 198 g/mol. The average Bonchev–Trinajstić information content (AvgIpc) is 2.15. The van der Waals surface area contributed by atoms with Gasteiger partial charge in [-0.05, 0) is 12.0 Å². The zero-order valence-electron chi connectivity index (χ0n) is 7.05. The van der Waals surface area contributed by atoms with E-state index >= 15 is 0 Å². The Morgan fingerprint density at radius 2 is 2.00 bits per heavy atom. The van der Waals surface area contributed by atoms with Gasteiger partial charge in [0.2, 0.25) is 0 Å². The maximum Gasteiger partial charge on any atom is 0.165 e. The van der Waals surface area contributed by atoms with Gasteiger partial charge in [0.05, 0.1) is 0 Å². The van der Waals surface area contributed by atoms with E-state index in [0.29, 0.717) is 18.1 Å². The summed E-state index contributed by atoms with van der Waals surface area (Å²) in [6, 6.07) is 7.16. The summed E-state index contributed by atoms with van der Waals surface area (Å²) in [6.07, 6.45) is 1.64. The molecule has 0 saturated carbocycles. The highest BCUT2D eigenvalue weighted by Gasteiger charge is 2.03. The molecule has 1 aromatic rings. The third-order valence-corrected chi connectivity index (χ3v) is 2.39. The van der Waals surface area contributed by atoms with E-state index in [1.807, 2.05) is 12.1 Å². The molecule has 0 aliphatic rings. The lowest BCUT2D eigenvalue weighted by Crippen LogP contribution is -1.95. The maximum atomic E-state index is 10.6. The standard InChI is InChI=1S/C9H11O3P/c10-7-9-4-2-1-3-8(9)5-6-13(11)12/h1-4,7,11-12H,5-6H2. The molecule has 0 spiro atoms. The highest BCUT2D eigenvalue weighted by atomic mass is 31.2. The van der Waals surface area contributed by atoms with Gasteiger partial charge < -0.3 is 9.79 Å². The first-order valence-electron chi connectivity index (χ1n) is 3.92. The molecule has 0 aromatic heterocycles. The first kappa shape index (κ1) is 10.3. The Morgan fingerprint density at radius 1 is 1.31 bits per heavy atom. The van der Waals surface area contributed by atoms with Gasteiger partial charge in [0.1, 0.15) is 6.29 Å². The molecule has 0 heterocycles. The second kappa shape index (κ2) is 5.07. The molecule has 0 fully saturated rings. The number of carbonyl (C=O) groups is 1. The molecular formula is C9H11O3P. The van der Waals surface area contributed by atoms with Crippen LogP contribution < -0.4 is 0 Å². The molecule has 0 bridgehead atoms. The molecule has 2 N–H and O–H groups in total. The minimum atomic E-state index is -1.86. The Hall–Kier alpha value is -0.760. The maximum absolute atomic E-state index is 10.6. The first-order valence-corrected chi connectivity index (χ1v) is 5.35. The topological polar surface area (TPSA) is 57.5 Å². The predicted molar refractivity (Wildman–Crippen MR) is 51.8 cm³/mol. The fraction of sp³-hybridized carbons (Fsp3) is 0.222. The van der Waals surface area contributed by atoms with Crippen LogP contribution in [0.15, 0.2) is 24.3 Å². The van der Waals surface area contributed by atoms with Gasteiger partial charge in [-0.3, -0.25) is 4.79 Å². The van der Waals surface area contributed by atoms with Gasteiger partial charge in [-0.25, -0.2) is 0 Å². The molecule has 70 valence electrons. The highest BCUT2D eigenvalue weighted by molar-refractivity contribution is 7.45. The quantitative estimate of drug-likeness (QED) is 0.567. The SMILES string of the molecule is O=Cc1ccccc1CCP(O)O. The van der Waals surface area contributed by atoms with Crippen LogP contribution in [0.25, 0.3) is 0 Å². The highest BCUT2D eigenvalue weighted by Crippen LogP contribution is 2.24. The minimum absolute atomic E-state index is 0.320. The van der Waals surface area contributed by atoms with Crippen molar-refractivity contribution in [2.45, 2.75) is 6.42 Å². The molecule has 0 amide bonds. The van der Waals surface area contributed by atoms with E-state index < -0.39 is 8.38 Å². The number of aldehydes is 1. The zero-order valence-corrected chi connectivity index (χ0v) is 7.95. The van der Waals surface area contributed by atoms with Crippen molar-refractivity contribution >= 4 is 14.7 Å². The van der Waals surface area contributed by atoms with Crippen LogP contribution in [0.1, 0.15) is 15.9 Å². The molecule has 0 atom stereocenters. The molecule has 3 nitrogen and oxygen atoms in total. The Labute approximate surface area is 77.9 Å². The van der Waals surface area contributed by atoms with Gasteiger partial charge in [-0.15, -0.1) is 0 Å². The molecule has 0 aliphatic carbocycles. The van der Waals surface area contributed by atoms with Crippen molar-refractivity contribution in [3.05, 3.63) is 35.4 Å². The van der Waals surface area contributed by atoms with E-state index in [2.05, 4.69) is 0 Å². The van der Waals surface area contributed by atoms with Gasteiger partial charge in [0.25, 0.3) is 0 Å². The molecule has 1 rings (SSSR count). The Morgan fingerprint density at radius 3 is 2.62 bits per heavy atom. The fourth-order valence-corrected chi connectivity index (χ4v) is 1.54. The van der Waals surface area contributed by atoms with Gasteiger partial charge in [0.15, 0.2) is 8.38 Å². The van der Waals surface area contributed by atoms with Gasteiger partial charge in [0, 0.05) is 11.7 Å². The van der Waals surface area contributed by atoms with Gasteiger partial charge in [-0.2, -0.15) is 0 Å². The number of benzene rings is 1. The molecule has 1 aromatic carbocycles. The third-order valence-electron chi connectivity index (χ3n) is 1.76. The lowest BCUT2D eigenvalue weighted by atomic mass is 10.1. The van der Waals surface area contributed by atoms with E-state index in [0.717, 1.165) is 11.8 Å². The zero-order chi connectivity index (χ0) is 9.68. The first-order chi connectivity index (χ1) is 6.24. The van der Waals surface area contributed by atoms with Crippen molar-refractivity contribution in [2.75, 3.05) is 6.16 Å². The summed E-state index contributed by atoms with van der Waals surface area (Å²) in [6.45, 7) is 0. The van der Waals surface area contributed by atoms with Crippen LogP contribution in [0.2, 0.25) is 0 Å². The second-order valence-electron chi connectivity index (χ2n) is 2.66. The number of aryl methyl sites for hydroxylation is 1. The summed E-state index contributed by atoms with van der Waals surface area (Å²) in [5, 5.41) is 0. The molecule has 0 saturated heterocycles. The molecule has 0 radical (unpaired) electrons. The molecule has 0 aliphatic heterocycles. The summed E-state index contributed by atoms with van der Waals surface area (Å²) in [5.41, 5.74) is 1.49. The van der Waals surface area contributed by atoms with Crippen LogP contribution in [-0.4, -0.2) is 22.2 Å². The Bertz CT molecular complexity index is 286. The normalized spacial score (nSPS) is 10.4. The van der Waals surface area contributed by atoms with Crippen LogP contribution in [0.5, 0.6) is 0 Å². The number of hydrogen-bond acceptors (Lipinski definition) is 3. The summed E-state index contributed by atoms with van der Waals surface area (Å²) in [7, 11) is -1.86. The minimum Gasteiger partial charge on any atom is -0.350 e. The van der Waals surface area contributed by atoms with E-state index in [4.69, 9.17) is 9.79 Å². The number of hydrogen-bond donors (Lipinski definition) is 2. The van der Waals surface area contributed by atoms with Crippen LogP contribution in [0.4, 0.5) is 0 Å². The van der Waals surface area contributed by atoms with Crippen molar-refractivity contribution in [2.24, 2.45) is 0 Å². The van der Waals surface area contributed by atoms with Crippen molar-refractivity contribution in [1.29, 1.82) is 0 Å². The van der Waals surface area contributed by atoms with Gasteiger partial charge in [-0.1, -0.05) is 24.3 Å². The van der Waals surface area contributed by atoms with Crippen LogP contribution in [-0.2, 0) is 6.42 Å². The summed E-state index contributed by atoms with van der Waals surface area (Å²) in [4.78, 5) is 28.0. The molecule has 4 heteroatoms. The van der Waals surface area contributed by atoms with E-state index in [9.17, 15) is 4.79 Å². The Balaban J connectivity index is 2.69. The number of rotatable bonds is 4. The summed E-state index contributed by atoms with van der Waals surface area (Å²) >= 11 is 0. The Kier molecular flexibility index (Phi) is 4.03. The molecule has 13 heavy (non-hydrogen) atoms. The monoisotopic (exact) mass is 198 g/mol. The van der Waals surface area contributed by atoms with Crippen LogP contribution in [0.3, 0.4) is 0 Å². The summed E-state index contributed by atoms with van der Waals surface area (Å²) < 4.78 is 0. The smallest absolute Gasteiger partial charge is 0.165 e. The second-order valence-corrected chi connectivity index (χ2v) is 3.85. The van der Waals surface area contributed by atoms with Crippen molar-refractivity contribution < 1.29 is 14.6 Å². The molecule has 0 unspecified atom stereocenters. The van der Waals surface area contributed by atoms with Crippen LogP contribution in [0, 0.1) is 0 Å². The third kappa shape index (κ3) is 3.23. The van der Waals surface area contributed by atoms with E-state index in [1.165, 1.54) is 0 Å². The molecular weight excluding hydrogens is 187 g/mol.